The Balaban J connectivity index is 2.04. The van der Waals surface area contributed by atoms with E-state index in [-0.39, 0.29) is 0 Å². The highest BCUT2D eigenvalue weighted by molar-refractivity contribution is 7.89. The molecule has 94 valence electrons. The second kappa shape index (κ2) is 5.76. The molecule has 17 heavy (non-hydrogen) atoms. The molecule has 0 aliphatic carbocycles. The van der Waals surface area contributed by atoms with Crippen LogP contribution in [0.15, 0.2) is 23.1 Å². The molecule has 3 nitrogen and oxygen atoms in total. The van der Waals surface area contributed by atoms with Gasteiger partial charge in [0, 0.05) is 18.2 Å². The summed E-state index contributed by atoms with van der Waals surface area (Å²) in [7, 11) is 1.64. The molecule has 1 aromatic rings. The second-order valence-electron chi connectivity index (χ2n) is 4.29. The predicted octanol–water partition coefficient (Wildman–Crippen LogP) is 2.72. The highest BCUT2D eigenvalue weighted by Crippen LogP contribution is 2.33. The van der Waals surface area contributed by atoms with Gasteiger partial charge >= 0.3 is 0 Å². The summed E-state index contributed by atoms with van der Waals surface area (Å²) in [6.45, 7) is 3.90. The highest BCUT2D eigenvalue weighted by atomic mass is 32.2. The Bertz CT molecular complexity index is 384. The molecule has 0 aromatic heterocycles. The number of hydrogen-bond acceptors (Lipinski definition) is 3. The largest absolute Gasteiger partial charge is 0.593 e. The molecule has 1 unspecified atom stereocenters. The Morgan fingerprint density at radius 3 is 2.94 bits per heavy atom. The van der Waals surface area contributed by atoms with Crippen molar-refractivity contribution in [1.29, 1.82) is 0 Å². The van der Waals surface area contributed by atoms with Gasteiger partial charge < -0.3 is 9.29 Å². The molecule has 0 saturated heterocycles. The van der Waals surface area contributed by atoms with Crippen molar-refractivity contribution in [3.8, 4) is 5.75 Å². The molecular weight excluding hydrogens is 234 g/mol. The van der Waals surface area contributed by atoms with Gasteiger partial charge in [0.05, 0.1) is 25.0 Å². The average Bonchev–Trinajstić information content (AvgIpc) is 2.66. The summed E-state index contributed by atoms with van der Waals surface area (Å²) in [6, 6.07) is 5.85. The number of rotatable bonds is 5. The lowest BCUT2D eigenvalue weighted by molar-refractivity contribution is 0.411. The molecule has 0 amide bonds. The van der Waals surface area contributed by atoms with E-state index in [1.54, 1.807) is 7.11 Å². The summed E-state index contributed by atoms with van der Waals surface area (Å²) >= 11 is -0.998. The number of fused-ring (bicyclic) bond motifs is 1. The summed E-state index contributed by atoms with van der Waals surface area (Å²) in [5, 5.41) is 0. The quantitative estimate of drug-likeness (QED) is 0.598. The fourth-order valence-electron chi connectivity index (χ4n) is 2.04. The van der Waals surface area contributed by atoms with E-state index in [0.717, 1.165) is 30.2 Å². The smallest absolute Gasteiger partial charge is 0.182 e. The van der Waals surface area contributed by atoms with Crippen LogP contribution >= 0.6 is 0 Å². The van der Waals surface area contributed by atoms with E-state index in [2.05, 4.69) is 6.92 Å². The fraction of sp³-hybridized carbons (Fsp3) is 0.538. The van der Waals surface area contributed by atoms with E-state index in [1.807, 2.05) is 22.5 Å². The van der Waals surface area contributed by atoms with E-state index in [1.165, 1.54) is 18.4 Å². The van der Waals surface area contributed by atoms with Gasteiger partial charge in [0.25, 0.3) is 0 Å². The summed E-state index contributed by atoms with van der Waals surface area (Å²) < 4.78 is 19.5. The molecular formula is C13H19NO2S. The standard InChI is InChI=1S/C13H19NO2S/c1-3-4-5-8-14-10-11-6-7-12(16-2)9-13(11)17(14)15/h6-7,9H,3-5,8,10H2,1-2H3. The van der Waals surface area contributed by atoms with Crippen molar-refractivity contribution in [1.82, 2.24) is 4.31 Å². The summed E-state index contributed by atoms with van der Waals surface area (Å²) in [5.74, 6) is 0.785. The van der Waals surface area contributed by atoms with Crippen LogP contribution in [0.2, 0.25) is 0 Å². The van der Waals surface area contributed by atoms with Crippen molar-refractivity contribution in [2.45, 2.75) is 37.6 Å². The van der Waals surface area contributed by atoms with Gasteiger partial charge in [-0.25, -0.2) is 0 Å². The SMILES string of the molecule is CCCCCN1Cc2ccc(OC)cc2[S+]1[O-]. The topological polar surface area (TPSA) is 35.5 Å². The average molecular weight is 253 g/mol. The number of unbranched alkanes of at least 4 members (excludes halogenated alkanes) is 2. The lowest BCUT2D eigenvalue weighted by Gasteiger charge is -2.16. The predicted molar refractivity (Wildman–Crippen MR) is 69.3 cm³/mol. The maximum absolute atomic E-state index is 12.2. The lowest BCUT2D eigenvalue weighted by Crippen LogP contribution is -2.25. The van der Waals surface area contributed by atoms with Crippen LogP contribution in [0.25, 0.3) is 0 Å². The minimum Gasteiger partial charge on any atom is -0.593 e. The Morgan fingerprint density at radius 2 is 2.24 bits per heavy atom. The first-order chi connectivity index (χ1) is 8.26. The van der Waals surface area contributed by atoms with Crippen molar-refractivity contribution in [3.05, 3.63) is 23.8 Å². The highest BCUT2D eigenvalue weighted by Gasteiger charge is 2.33. The van der Waals surface area contributed by atoms with Crippen molar-refractivity contribution < 1.29 is 9.29 Å². The summed E-state index contributed by atoms with van der Waals surface area (Å²) in [6.07, 6.45) is 3.52. The monoisotopic (exact) mass is 253 g/mol. The molecule has 1 aromatic carbocycles. The van der Waals surface area contributed by atoms with Gasteiger partial charge in [0.15, 0.2) is 4.90 Å². The van der Waals surface area contributed by atoms with E-state index < -0.39 is 11.4 Å². The maximum Gasteiger partial charge on any atom is 0.182 e. The van der Waals surface area contributed by atoms with Crippen molar-refractivity contribution in [2.75, 3.05) is 13.7 Å². The molecule has 1 atom stereocenters. The zero-order chi connectivity index (χ0) is 12.3. The Labute approximate surface area is 106 Å². The summed E-state index contributed by atoms with van der Waals surface area (Å²) in [4.78, 5) is 0.917. The Kier molecular flexibility index (Phi) is 4.31. The first-order valence-corrected chi connectivity index (χ1v) is 7.20. The first kappa shape index (κ1) is 12.7. The lowest BCUT2D eigenvalue weighted by atomic mass is 10.2. The number of hydrogen-bond donors (Lipinski definition) is 0. The molecule has 0 N–H and O–H groups in total. The third-order valence-electron chi connectivity index (χ3n) is 3.05. The molecule has 0 radical (unpaired) electrons. The van der Waals surface area contributed by atoms with E-state index >= 15 is 0 Å². The molecule has 0 fully saturated rings. The zero-order valence-electron chi connectivity index (χ0n) is 10.4. The molecule has 1 heterocycles. The normalized spacial score (nSPS) is 19.4. The number of methoxy groups -OCH3 is 1. The number of ether oxygens (including phenoxy) is 1. The molecule has 1 aliphatic rings. The minimum atomic E-state index is -0.998. The molecule has 2 rings (SSSR count). The van der Waals surface area contributed by atoms with Gasteiger partial charge in [-0.2, -0.15) is 0 Å². The fourth-order valence-corrected chi connectivity index (χ4v) is 3.45. The van der Waals surface area contributed by atoms with Crippen LogP contribution in [0, 0.1) is 0 Å². The first-order valence-electron chi connectivity index (χ1n) is 6.10. The van der Waals surface area contributed by atoms with Gasteiger partial charge in [-0.15, -0.1) is 4.31 Å². The minimum absolute atomic E-state index is 0.785. The van der Waals surface area contributed by atoms with Crippen LogP contribution in [0.4, 0.5) is 0 Å². The van der Waals surface area contributed by atoms with Crippen LogP contribution in [0.5, 0.6) is 5.75 Å². The van der Waals surface area contributed by atoms with E-state index in [4.69, 9.17) is 4.74 Å². The van der Waals surface area contributed by atoms with Crippen molar-refractivity contribution >= 4 is 11.4 Å². The molecule has 0 spiro atoms. The molecule has 0 bridgehead atoms. The molecule has 1 aliphatic heterocycles. The second-order valence-corrected chi connectivity index (χ2v) is 5.75. The van der Waals surface area contributed by atoms with Crippen LogP contribution in [-0.4, -0.2) is 22.5 Å². The maximum atomic E-state index is 12.2. The van der Waals surface area contributed by atoms with Crippen molar-refractivity contribution in [3.63, 3.8) is 0 Å². The molecule has 0 saturated carbocycles. The van der Waals surface area contributed by atoms with Gasteiger partial charge in [0.2, 0.25) is 0 Å². The number of benzene rings is 1. The van der Waals surface area contributed by atoms with Crippen molar-refractivity contribution in [2.24, 2.45) is 0 Å². The van der Waals surface area contributed by atoms with E-state index in [9.17, 15) is 4.55 Å². The van der Waals surface area contributed by atoms with Gasteiger partial charge in [-0.1, -0.05) is 19.8 Å². The van der Waals surface area contributed by atoms with Crippen LogP contribution in [-0.2, 0) is 17.9 Å². The summed E-state index contributed by atoms with van der Waals surface area (Å²) in [5.41, 5.74) is 1.17. The Morgan fingerprint density at radius 1 is 1.41 bits per heavy atom. The van der Waals surface area contributed by atoms with Gasteiger partial charge in [0.1, 0.15) is 5.75 Å². The van der Waals surface area contributed by atoms with E-state index in [0.29, 0.717) is 0 Å². The third kappa shape index (κ3) is 2.76. The Hall–Kier alpha value is -0.710. The van der Waals surface area contributed by atoms with Crippen LogP contribution < -0.4 is 4.74 Å². The van der Waals surface area contributed by atoms with Gasteiger partial charge in [-0.05, 0) is 18.6 Å². The van der Waals surface area contributed by atoms with Crippen LogP contribution in [0.1, 0.15) is 31.7 Å². The third-order valence-corrected chi connectivity index (χ3v) is 4.59. The van der Waals surface area contributed by atoms with Crippen LogP contribution in [0.3, 0.4) is 0 Å². The number of nitrogens with zero attached hydrogens (tertiary/aromatic N) is 1. The van der Waals surface area contributed by atoms with Gasteiger partial charge in [-0.3, -0.25) is 0 Å². The zero-order valence-corrected chi connectivity index (χ0v) is 11.3. The molecule has 4 heteroatoms.